The summed E-state index contributed by atoms with van der Waals surface area (Å²) in [5.41, 5.74) is 0.522. The molecule has 0 saturated heterocycles. The van der Waals surface area contributed by atoms with Crippen molar-refractivity contribution in [1.29, 1.82) is 0 Å². The van der Waals surface area contributed by atoms with Crippen LogP contribution >= 0.6 is 0 Å². The number of rotatable bonds is 2. The number of allylic oxidation sites excluding steroid dienone is 1. The lowest BCUT2D eigenvalue weighted by atomic mass is 9.78. The molecule has 0 radical (unpaired) electrons. The Morgan fingerprint density at radius 1 is 1.60 bits per heavy atom. The molecule has 3 nitrogen and oxygen atoms in total. The second-order valence-corrected chi connectivity index (χ2v) is 4.83. The zero-order valence-corrected chi connectivity index (χ0v) is 9.91. The van der Waals surface area contributed by atoms with Gasteiger partial charge >= 0.3 is 5.97 Å². The van der Waals surface area contributed by atoms with E-state index >= 15 is 0 Å². The minimum Gasteiger partial charge on any atom is -0.460 e. The molecule has 0 saturated carbocycles. The largest absolute Gasteiger partial charge is 0.460 e. The van der Waals surface area contributed by atoms with E-state index in [2.05, 4.69) is 0 Å². The summed E-state index contributed by atoms with van der Waals surface area (Å²) in [6.07, 6.45) is 3.18. The summed E-state index contributed by atoms with van der Waals surface area (Å²) in [5.74, 6) is -0.0686. The van der Waals surface area contributed by atoms with Gasteiger partial charge in [-0.3, -0.25) is 4.79 Å². The second-order valence-electron chi connectivity index (χ2n) is 4.83. The molecule has 0 amide bonds. The molecule has 2 unspecified atom stereocenters. The normalized spacial score (nSPS) is 27.1. The number of carbonyl (C=O) groups excluding carboxylic acids is 1. The Morgan fingerprint density at radius 2 is 2.20 bits per heavy atom. The molecule has 2 atom stereocenters. The first-order valence-electron chi connectivity index (χ1n) is 5.37. The Morgan fingerprint density at radius 3 is 2.67 bits per heavy atom. The molecule has 0 aromatic carbocycles. The molecule has 86 valence electrons. The number of hydrogen-bond donors (Lipinski definition) is 1. The van der Waals surface area contributed by atoms with Crippen molar-refractivity contribution in [2.24, 2.45) is 5.92 Å². The molecule has 1 rings (SSSR count). The molecule has 0 heterocycles. The average Bonchev–Trinajstić information content (AvgIpc) is 2.07. The number of ether oxygens (including phenoxy) is 1. The Bertz CT molecular complexity index is 279. The first-order chi connectivity index (χ1) is 6.83. The van der Waals surface area contributed by atoms with Gasteiger partial charge in [0.15, 0.2) is 0 Å². The van der Waals surface area contributed by atoms with Crippen LogP contribution in [0.3, 0.4) is 0 Å². The zero-order chi connectivity index (χ0) is 11.6. The molecule has 1 N–H and O–H groups in total. The van der Waals surface area contributed by atoms with Crippen LogP contribution in [-0.4, -0.2) is 22.8 Å². The zero-order valence-electron chi connectivity index (χ0n) is 9.91. The third kappa shape index (κ3) is 3.06. The maximum Gasteiger partial charge on any atom is 0.303 e. The Kier molecular flexibility index (Phi) is 3.55. The number of hydrogen-bond acceptors (Lipinski definition) is 3. The molecule has 0 bridgehead atoms. The summed E-state index contributed by atoms with van der Waals surface area (Å²) < 4.78 is 5.28. The highest BCUT2D eigenvalue weighted by atomic mass is 16.6. The van der Waals surface area contributed by atoms with Gasteiger partial charge in [0.05, 0.1) is 6.10 Å². The van der Waals surface area contributed by atoms with Gasteiger partial charge in [-0.25, -0.2) is 0 Å². The van der Waals surface area contributed by atoms with Gasteiger partial charge in [0.1, 0.15) is 5.60 Å². The van der Waals surface area contributed by atoms with Crippen LogP contribution in [0.2, 0.25) is 0 Å². The Hall–Kier alpha value is -0.830. The molecule has 0 aromatic rings. The highest BCUT2D eigenvalue weighted by Gasteiger charge is 2.35. The van der Waals surface area contributed by atoms with Gasteiger partial charge < -0.3 is 9.84 Å². The summed E-state index contributed by atoms with van der Waals surface area (Å²) in [4.78, 5) is 10.9. The quantitative estimate of drug-likeness (QED) is 0.563. The van der Waals surface area contributed by atoms with E-state index in [1.807, 2.05) is 26.8 Å². The molecule has 0 fully saturated rings. The van der Waals surface area contributed by atoms with Crippen LogP contribution in [-0.2, 0) is 9.53 Å². The predicted octanol–water partition coefficient (Wildman–Crippen LogP) is 2.05. The number of aliphatic hydroxyl groups is 1. The summed E-state index contributed by atoms with van der Waals surface area (Å²) >= 11 is 0. The van der Waals surface area contributed by atoms with Crippen molar-refractivity contribution >= 4 is 5.97 Å². The topological polar surface area (TPSA) is 46.5 Å². The van der Waals surface area contributed by atoms with E-state index in [0.717, 1.165) is 12.0 Å². The van der Waals surface area contributed by atoms with Crippen molar-refractivity contribution < 1.29 is 14.6 Å². The summed E-state index contributed by atoms with van der Waals surface area (Å²) in [6.45, 7) is 7.16. The van der Waals surface area contributed by atoms with E-state index in [0.29, 0.717) is 6.42 Å². The highest BCUT2D eigenvalue weighted by molar-refractivity contribution is 5.66. The fourth-order valence-electron chi connectivity index (χ4n) is 2.04. The summed E-state index contributed by atoms with van der Waals surface area (Å²) in [7, 11) is 0. The van der Waals surface area contributed by atoms with Gasteiger partial charge in [0.25, 0.3) is 0 Å². The van der Waals surface area contributed by atoms with Crippen LogP contribution in [0, 0.1) is 5.92 Å². The SMILES string of the molecule is CC(=O)OC(C)(C)C1CC=C(C)C(O)C1. The van der Waals surface area contributed by atoms with E-state index < -0.39 is 11.7 Å². The van der Waals surface area contributed by atoms with E-state index in [4.69, 9.17) is 4.74 Å². The van der Waals surface area contributed by atoms with Gasteiger partial charge in [-0.2, -0.15) is 0 Å². The molecule has 0 aliphatic heterocycles. The lowest BCUT2D eigenvalue weighted by Crippen LogP contribution is -2.39. The first-order valence-corrected chi connectivity index (χ1v) is 5.37. The van der Waals surface area contributed by atoms with Crippen molar-refractivity contribution in [2.45, 2.75) is 52.2 Å². The maximum atomic E-state index is 10.9. The second kappa shape index (κ2) is 4.35. The van der Waals surface area contributed by atoms with Crippen molar-refractivity contribution in [2.75, 3.05) is 0 Å². The van der Waals surface area contributed by atoms with Crippen molar-refractivity contribution in [3.63, 3.8) is 0 Å². The molecular formula is C12H20O3. The third-order valence-corrected chi connectivity index (χ3v) is 3.15. The lowest BCUT2D eigenvalue weighted by molar-refractivity contribution is -0.160. The van der Waals surface area contributed by atoms with Gasteiger partial charge in [-0.1, -0.05) is 6.08 Å². The van der Waals surface area contributed by atoms with Crippen molar-refractivity contribution in [1.82, 2.24) is 0 Å². The molecule has 3 heteroatoms. The Labute approximate surface area is 91.1 Å². The Balaban J connectivity index is 2.69. The monoisotopic (exact) mass is 212 g/mol. The maximum absolute atomic E-state index is 10.9. The van der Waals surface area contributed by atoms with E-state index in [1.165, 1.54) is 6.92 Å². The third-order valence-electron chi connectivity index (χ3n) is 3.15. The van der Waals surface area contributed by atoms with Gasteiger partial charge in [0.2, 0.25) is 0 Å². The van der Waals surface area contributed by atoms with Crippen LogP contribution in [0.1, 0.15) is 40.5 Å². The van der Waals surface area contributed by atoms with E-state index in [9.17, 15) is 9.90 Å². The number of carbonyl (C=O) groups is 1. The van der Waals surface area contributed by atoms with Crippen molar-refractivity contribution in [3.8, 4) is 0 Å². The highest BCUT2D eigenvalue weighted by Crippen LogP contribution is 2.34. The van der Waals surface area contributed by atoms with Gasteiger partial charge in [0, 0.05) is 12.8 Å². The van der Waals surface area contributed by atoms with Crippen LogP contribution in [0.4, 0.5) is 0 Å². The van der Waals surface area contributed by atoms with Gasteiger partial charge in [-0.05, 0) is 39.2 Å². The summed E-state index contributed by atoms with van der Waals surface area (Å²) in [5, 5.41) is 9.74. The standard InChI is InChI=1S/C12H20O3/c1-8-5-6-10(7-11(8)14)12(3,4)15-9(2)13/h5,10-11,14H,6-7H2,1-4H3. The first kappa shape index (κ1) is 12.2. The van der Waals surface area contributed by atoms with E-state index in [-0.39, 0.29) is 11.9 Å². The molecule has 0 aromatic heterocycles. The minimum absolute atomic E-state index is 0.195. The fourth-order valence-corrected chi connectivity index (χ4v) is 2.04. The number of esters is 1. The van der Waals surface area contributed by atoms with Gasteiger partial charge in [-0.15, -0.1) is 0 Å². The van der Waals surface area contributed by atoms with Crippen LogP contribution in [0.15, 0.2) is 11.6 Å². The molecule has 0 spiro atoms. The molecule has 1 aliphatic rings. The van der Waals surface area contributed by atoms with E-state index in [1.54, 1.807) is 0 Å². The van der Waals surface area contributed by atoms with Crippen LogP contribution in [0.25, 0.3) is 0 Å². The predicted molar refractivity (Wildman–Crippen MR) is 58.3 cm³/mol. The molecular weight excluding hydrogens is 192 g/mol. The van der Waals surface area contributed by atoms with Crippen LogP contribution in [0.5, 0.6) is 0 Å². The van der Waals surface area contributed by atoms with Crippen LogP contribution < -0.4 is 0 Å². The number of aliphatic hydroxyl groups excluding tert-OH is 1. The lowest BCUT2D eigenvalue weighted by Gasteiger charge is -2.37. The fraction of sp³-hybridized carbons (Fsp3) is 0.750. The minimum atomic E-state index is -0.496. The van der Waals surface area contributed by atoms with Crippen molar-refractivity contribution in [3.05, 3.63) is 11.6 Å². The molecule has 15 heavy (non-hydrogen) atoms. The summed E-state index contributed by atoms with van der Waals surface area (Å²) in [6, 6.07) is 0. The smallest absolute Gasteiger partial charge is 0.303 e. The molecule has 1 aliphatic carbocycles. The average molecular weight is 212 g/mol.